The van der Waals surface area contributed by atoms with Crippen LogP contribution in [0.1, 0.15) is 44.5 Å². The molecule has 2 amide bonds. The third-order valence-electron chi connectivity index (χ3n) is 6.14. The number of para-hydroxylation sites is 1. The van der Waals surface area contributed by atoms with E-state index in [0.717, 1.165) is 11.4 Å². The summed E-state index contributed by atoms with van der Waals surface area (Å²) in [6, 6.07) is 17.4. The predicted molar refractivity (Wildman–Crippen MR) is 134 cm³/mol. The monoisotopic (exact) mass is 465 g/mol. The average Bonchev–Trinajstić information content (AvgIpc) is 2.82. The first-order valence-corrected chi connectivity index (χ1v) is 11.8. The minimum atomic E-state index is -1.07. The van der Waals surface area contributed by atoms with Crippen LogP contribution < -0.4 is 9.80 Å². The summed E-state index contributed by atoms with van der Waals surface area (Å²) >= 11 is 0. The summed E-state index contributed by atoms with van der Waals surface area (Å²) in [6.07, 6.45) is -0.00651. The maximum atomic E-state index is 13.3. The maximum absolute atomic E-state index is 13.3. The lowest BCUT2D eigenvalue weighted by Gasteiger charge is -2.37. The topological polar surface area (TPSA) is 81.2 Å². The minimum absolute atomic E-state index is 0.00651. The number of carbonyl (C=O) groups excluding carboxylic acids is 2. The van der Waals surface area contributed by atoms with Crippen molar-refractivity contribution in [3.63, 3.8) is 0 Å². The first-order valence-electron chi connectivity index (χ1n) is 11.8. The number of benzene rings is 2. The first-order chi connectivity index (χ1) is 16.1. The molecule has 1 aliphatic heterocycles. The fraction of sp³-hybridized carbons (Fsp3) is 0.444. The normalized spacial score (nSPS) is 14.3. The molecule has 0 unspecified atom stereocenters. The molecule has 1 aliphatic rings. The first kappa shape index (κ1) is 25.3. The SMILES string of the molecule is CC(C)CN(C(=O)c1ccc(N2CCN(C(=O)CC(C)(C)C(=O)O)CC2)cc1)c1ccccc1. The fourth-order valence-electron chi connectivity index (χ4n) is 4.03. The van der Waals surface area contributed by atoms with Crippen molar-refractivity contribution in [3.8, 4) is 0 Å². The van der Waals surface area contributed by atoms with E-state index in [-0.39, 0.29) is 18.2 Å². The van der Waals surface area contributed by atoms with Gasteiger partial charge in [-0.3, -0.25) is 14.4 Å². The molecule has 182 valence electrons. The van der Waals surface area contributed by atoms with Crippen LogP contribution in [0.5, 0.6) is 0 Å². The Morgan fingerprint density at radius 1 is 0.941 bits per heavy atom. The van der Waals surface area contributed by atoms with Gasteiger partial charge in [0.1, 0.15) is 0 Å². The van der Waals surface area contributed by atoms with Crippen LogP contribution in [-0.2, 0) is 9.59 Å². The number of piperazine rings is 1. The molecular weight excluding hydrogens is 430 g/mol. The van der Waals surface area contributed by atoms with Gasteiger partial charge < -0.3 is 19.8 Å². The number of carbonyl (C=O) groups is 3. The Hall–Kier alpha value is -3.35. The van der Waals surface area contributed by atoms with E-state index in [9.17, 15) is 19.5 Å². The van der Waals surface area contributed by atoms with Gasteiger partial charge in [0.2, 0.25) is 5.91 Å². The molecule has 0 saturated carbocycles. The third kappa shape index (κ3) is 6.16. The van der Waals surface area contributed by atoms with Crippen LogP contribution in [0.3, 0.4) is 0 Å². The predicted octanol–water partition coefficient (Wildman–Crippen LogP) is 4.14. The molecule has 2 aromatic carbocycles. The van der Waals surface area contributed by atoms with Crippen LogP contribution in [0.25, 0.3) is 0 Å². The van der Waals surface area contributed by atoms with Crippen LogP contribution in [0.2, 0.25) is 0 Å². The molecule has 7 nitrogen and oxygen atoms in total. The number of hydrogen-bond acceptors (Lipinski definition) is 4. The van der Waals surface area contributed by atoms with Crippen LogP contribution in [0, 0.1) is 11.3 Å². The van der Waals surface area contributed by atoms with Crippen molar-refractivity contribution < 1.29 is 19.5 Å². The molecule has 0 aliphatic carbocycles. The van der Waals surface area contributed by atoms with Crippen LogP contribution in [-0.4, -0.2) is 60.5 Å². The molecule has 0 spiro atoms. The number of nitrogens with zero attached hydrogens (tertiary/aromatic N) is 3. The van der Waals surface area contributed by atoms with Gasteiger partial charge in [-0.25, -0.2) is 0 Å². The highest BCUT2D eigenvalue weighted by Gasteiger charge is 2.33. The summed E-state index contributed by atoms with van der Waals surface area (Å²) in [4.78, 5) is 42.9. The van der Waals surface area contributed by atoms with Gasteiger partial charge in [0.15, 0.2) is 0 Å². The average molecular weight is 466 g/mol. The lowest BCUT2D eigenvalue weighted by molar-refractivity contribution is -0.151. The summed E-state index contributed by atoms with van der Waals surface area (Å²) in [6.45, 7) is 10.4. The van der Waals surface area contributed by atoms with Gasteiger partial charge in [-0.2, -0.15) is 0 Å². The summed E-state index contributed by atoms with van der Waals surface area (Å²) in [5.74, 6) is -0.779. The quantitative estimate of drug-likeness (QED) is 0.634. The lowest BCUT2D eigenvalue weighted by Crippen LogP contribution is -2.50. The molecule has 1 saturated heterocycles. The Bertz CT molecular complexity index is 994. The van der Waals surface area contributed by atoms with E-state index in [1.807, 2.05) is 59.5 Å². The van der Waals surface area contributed by atoms with E-state index in [1.165, 1.54) is 0 Å². The highest BCUT2D eigenvalue weighted by atomic mass is 16.4. The highest BCUT2D eigenvalue weighted by Crippen LogP contribution is 2.24. The summed E-state index contributed by atoms with van der Waals surface area (Å²) in [7, 11) is 0. The number of hydrogen-bond donors (Lipinski definition) is 1. The zero-order valence-corrected chi connectivity index (χ0v) is 20.5. The van der Waals surface area contributed by atoms with Crippen LogP contribution >= 0.6 is 0 Å². The van der Waals surface area contributed by atoms with Crippen molar-refractivity contribution in [3.05, 3.63) is 60.2 Å². The van der Waals surface area contributed by atoms with Gasteiger partial charge in [0.05, 0.1) is 5.41 Å². The third-order valence-corrected chi connectivity index (χ3v) is 6.14. The highest BCUT2D eigenvalue weighted by molar-refractivity contribution is 6.06. The molecule has 0 atom stereocenters. The van der Waals surface area contributed by atoms with Crippen molar-refractivity contribution in [1.82, 2.24) is 4.90 Å². The van der Waals surface area contributed by atoms with Gasteiger partial charge in [-0.1, -0.05) is 32.0 Å². The molecule has 2 aromatic rings. The maximum Gasteiger partial charge on any atom is 0.309 e. The Labute approximate surface area is 202 Å². The van der Waals surface area contributed by atoms with Gasteiger partial charge in [-0.05, 0) is 56.2 Å². The molecule has 34 heavy (non-hydrogen) atoms. The minimum Gasteiger partial charge on any atom is -0.481 e. The van der Waals surface area contributed by atoms with E-state index < -0.39 is 11.4 Å². The number of rotatable bonds is 8. The molecule has 0 radical (unpaired) electrons. The molecule has 0 bridgehead atoms. The van der Waals surface area contributed by atoms with Crippen molar-refractivity contribution in [2.75, 3.05) is 42.5 Å². The molecule has 3 rings (SSSR count). The molecular formula is C27H35N3O4. The smallest absolute Gasteiger partial charge is 0.309 e. The summed E-state index contributed by atoms with van der Waals surface area (Å²) in [5, 5.41) is 9.28. The van der Waals surface area contributed by atoms with Gasteiger partial charge in [0.25, 0.3) is 5.91 Å². The molecule has 7 heteroatoms. The summed E-state index contributed by atoms with van der Waals surface area (Å²) < 4.78 is 0. The van der Waals surface area contributed by atoms with Crippen molar-refractivity contribution in [2.24, 2.45) is 11.3 Å². The van der Waals surface area contributed by atoms with Crippen LogP contribution in [0.4, 0.5) is 11.4 Å². The van der Waals surface area contributed by atoms with E-state index in [0.29, 0.717) is 44.2 Å². The molecule has 1 N–H and O–H groups in total. The number of amides is 2. The Morgan fingerprint density at radius 2 is 1.53 bits per heavy atom. The number of carboxylic acids is 1. The second-order valence-corrected chi connectivity index (χ2v) is 9.93. The van der Waals surface area contributed by atoms with Crippen molar-refractivity contribution in [2.45, 2.75) is 34.1 Å². The second-order valence-electron chi connectivity index (χ2n) is 9.93. The van der Waals surface area contributed by atoms with Crippen molar-refractivity contribution >= 4 is 29.2 Å². The largest absolute Gasteiger partial charge is 0.481 e. The standard InChI is InChI=1S/C27H35N3O4/c1-20(2)19-30(23-8-6-5-7-9-23)25(32)21-10-12-22(13-11-21)28-14-16-29(17-15-28)24(31)18-27(3,4)26(33)34/h5-13,20H,14-19H2,1-4H3,(H,33,34). The number of anilines is 2. The van der Waals surface area contributed by atoms with E-state index >= 15 is 0 Å². The lowest BCUT2D eigenvalue weighted by atomic mass is 9.89. The number of carboxylic acid groups (broad SMARTS) is 1. The van der Waals surface area contributed by atoms with Crippen molar-refractivity contribution in [1.29, 1.82) is 0 Å². The van der Waals surface area contributed by atoms with Gasteiger partial charge in [0, 0.05) is 56.1 Å². The Kier molecular flexibility index (Phi) is 7.97. The number of aliphatic carboxylic acids is 1. The fourth-order valence-corrected chi connectivity index (χ4v) is 4.03. The van der Waals surface area contributed by atoms with Crippen LogP contribution in [0.15, 0.2) is 54.6 Å². The molecule has 0 aromatic heterocycles. The van der Waals surface area contributed by atoms with E-state index in [4.69, 9.17) is 0 Å². The van der Waals surface area contributed by atoms with E-state index in [1.54, 1.807) is 18.7 Å². The zero-order valence-electron chi connectivity index (χ0n) is 20.5. The Morgan fingerprint density at radius 3 is 2.06 bits per heavy atom. The molecule has 1 heterocycles. The second kappa shape index (κ2) is 10.7. The molecule has 1 fully saturated rings. The Balaban J connectivity index is 1.63. The van der Waals surface area contributed by atoms with Gasteiger partial charge >= 0.3 is 5.97 Å². The summed E-state index contributed by atoms with van der Waals surface area (Å²) in [5.41, 5.74) is 1.46. The van der Waals surface area contributed by atoms with Gasteiger partial charge in [-0.15, -0.1) is 0 Å². The van der Waals surface area contributed by atoms with E-state index in [2.05, 4.69) is 18.7 Å². The zero-order chi connectivity index (χ0) is 24.9.